The van der Waals surface area contributed by atoms with Gasteiger partial charge in [-0.2, -0.15) is 0 Å². The van der Waals surface area contributed by atoms with Crippen LogP contribution in [0.2, 0.25) is 5.04 Å². The predicted octanol–water partition coefficient (Wildman–Crippen LogP) is 4.61. The van der Waals surface area contributed by atoms with Crippen LogP contribution in [0.1, 0.15) is 48.0 Å². The van der Waals surface area contributed by atoms with Gasteiger partial charge in [-0.25, -0.2) is 0 Å². The van der Waals surface area contributed by atoms with Crippen LogP contribution in [0.15, 0.2) is 60.7 Å². The first kappa shape index (κ1) is 23.4. The van der Waals surface area contributed by atoms with Crippen molar-refractivity contribution in [2.24, 2.45) is 11.8 Å². The van der Waals surface area contributed by atoms with E-state index in [0.717, 1.165) is 0 Å². The van der Waals surface area contributed by atoms with Crippen LogP contribution in [0.4, 0.5) is 0 Å². The molecule has 2 aromatic carbocycles. The van der Waals surface area contributed by atoms with Crippen molar-refractivity contribution in [2.45, 2.75) is 65.2 Å². The summed E-state index contributed by atoms with van der Waals surface area (Å²) in [4.78, 5) is 0. The van der Waals surface area contributed by atoms with E-state index in [0.29, 0.717) is 12.3 Å². The molecule has 3 atom stereocenters. The Kier molecular flexibility index (Phi) is 7.88. The molecule has 2 rings (SSSR count). The fraction of sp³-hybridized carbons (Fsp3) is 0.462. The molecule has 0 aliphatic carbocycles. The molecule has 0 aliphatic rings. The second-order valence-corrected chi connectivity index (χ2v) is 13.7. The van der Waals surface area contributed by atoms with Gasteiger partial charge in [0.1, 0.15) is 6.10 Å². The van der Waals surface area contributed by atoms with Crippen LogP contribution < -0.4 is 10.4 Å². The molecule has 0 spiro atoms. The second kappa shape index (κ2) is 9.76. The smallest absolute Gasteiger partial charge is 0.262 e. The SMILES string of the molecule is C#C[C@H](O[Si](c1ccccc1)(c1ccccc1)C(C)(C)C)[C@H](C)[C@H](O)CC(C)C. The van der Waals surface area contributed by atoms with Gasteiger partial charge in [0.05, 0.1) is 6.10 Å². The molecule has 0 aliphatic heterocycles. The van der Waals surface area contributed by atoms with Gasteiger partial charge < -0.3 is 9.53 Å². The molecular formula is C26H36O2Si. The third kappa shape index (κ3) is 5.20. The zero-order valence-electron chi connectivity index (χ0n) is 18.7. The molecule has 0 bridgehead atoms. The molecule has 0 amide bonds. The fourth-order valence-corrected chi connectivity index (χ4v) is 8.75. The van der Waals surface area contributed by atoms with Crippen molar-refractivity contribution in [1.29, 1.82) is 0 Å². The van der Waals surface area contributed by atoms with E-state index in [2.05, 4.69) is 89.1 Å². The largest absolute Gasteiger partial charge is 0.393 e. The minimum Gasteiger partial charge on any atom is -0.393 e. The van der Waals surface area contributed by atoms with Gasteiger partial charge in [0.25, 0.3) is 8.32 Å². The Hall–Kier alpha value is -1.86. The maximum Gasteiger partial charge on any atom is 0.262 e. The summed E-state index contributed by atoms with van der Waals surface area (Å²) in [5.74, 6) is 3.13. The monoisotopic (exact) mass is 408 g/mol. The van der Waals surface area contributed by atoms with Gasteiger partial charge in [-0.15, -0.1) is 6.42 Å². The third-order valence-electron chi connectivity index (χ3n) is 5.68. The first-order valence-electron chi connectivity index (χ1n) is 10.6. The summed E-state index contributed by atoms with van der Waals surface area (Å²) >= 11 is 0. The fourth-order valence-electron chi connectivity index (χ4n) is 4.07. The van der Waals surface area contributed by atoms with Crippen molar-refractivity contribution in [3.05, 3.63) is 60.7 Å². The van der Waals surface area contributed by atoms with Gasteiger partial charge >= 0.3 is 0 Å². The molecular weight excluding hydrogens is 372 g/mol. The molecule has 0 heterocycles. The van der Waals surface area contributed by atoms with Crippen molar-refractivity contribution >= 4 is 18.7 Å². The Morgan fingerprint density at radius 3 is 1.72 bits per heavy atom. The predicted molar refractivity (Wildman–Crippen MR) is 126 cm³/mol. The van der Waals surface area contributed by atoms with E-state index < -0.39 is 20.5 Å². The zero-order valence-corrected chi connectivity index (χ0v) is 19.7. The number of rotatable bonds is 8. The maximum absolute atomic E-state index is 10.8. The minimum atomic E-state index is -2.74. The van der Waals surface area contributed by atoms with Crippen LogP contribution in [0.3, 0.4) is 0 Å². The van der Waals surface area contributed by atoms with E-state index in [1.807, 2.05) is 19.1 Å². The van der Waals surface area contributed by atoms with Crippen molar-refractivity contribution in [1.82, 2.24) is 0 Å². The van der Waals surface area contributed by atoms with Crippen molar-refractivity contribution in [3.8, 4) is 12.3 Å². The van der Waals surface area contributed by atoms with E-state index in [1.165, 1.54) is 10.4 Å². The van der Waals surface area contributed by atoms with Gasteiger partial charge in [0, 0.05) is 5.92 Å². The molecule has 3 heteroatoms. The van der Waals surface area contributed by atoms with Gasteiger partial charge in [-0.05, 0) is 27.8 Å². The number of terminal acetylenes is 1. The number of aliphatic hydroxyl groups excluding tert-OH is 1. The van der Waals surface area contributed by atoms with E-state index in [1.54, 1.807) is 0 Å². The molecule has 1 N–H and O–H groups in total. The lowest BCUT2D eigenvalue weighted by molar-refractivity contribution is 0.0422. The summed E-state index contributed by atoms with van der Waals surface area (Å²) < 4.78 is 7.03. The summed E-state index contributed by atoms with van der Waals surface area (Å²) in [5.41, 5.74) is 0. The molecule has 29 heavy (non-hydrogen) atoms. The highest BCUT2D eigenvalue weighted by Gasteiger charge is 2.52. The molecule has 2 aromatic rings. The average Bonchev–Trinajstić information content (AvgIpc) is 2.68. The summed E-state index contributed by atoms with van der Waals surface area (Å²) in [6, 6.07) is 21.0. The van der Waals surface area contributed by atoms with Crippen LogP contribution in [0.25, 0.3) is 0 Å². The van der Waals surface area contributed by atoms with E-state index in [-0.39, 0.29) is 11.0 Å². The number of aliphatic hydroxyl groups is 1. The first-order chi connectivity index (χ1) is 13.6. The Morgan fingerprint density at radius 2 is 1.38 bits per heavy atom. The van der Waals surface area contributed by atoms with Crippen LogP contribution >= 0.6 is 0 Å². The second-order valence-electron chi connectivity index (χ2n) is 9.42. The lowest BCUT2D eigenvalue weighted by atomic mass is 9.92. The third-order valence-corrected chi connectivity index (χ3v) is 10.7. The molecule has 0 radical (unpaired) electrons. The normalized spacial score (nSPS) is 15.6. The van der Waals surface area contributed by atoms with Crippen molar-refractivity contribution in [2.75, 3.05) is 0 Å². The lowest BCUT2D eigenvalue weighted by Crippen LogP contribution is -2.68. The Bertz CT molecular complexity index is 747. The summed E-state index contributed by atoms with van der Waals surface area (Å²) in [7, 11) is -2.74. The van der Waals surface area contributed by atoms with E-state index in [9.17, 15) is 5.11 Å². The van der Waals surface area contributed by atoms with Crippen molar-refractivity contribution in [3.63, 3.8) is 0 Å². The van der Waals surface area contributed by atoms with Crippen molar-refractivity contribution < 1.29 is 9.53 Å². The minimum absolute atomic E-state index is 0.145. The number of benzene rings is 2. The molecule has 0 aromatic heterocycles. The van der Waals surface area contributed by atoms with Crippen LogP contribution in [0, 0.1) is 24.2 Å². The topological polar surface area (TPSA) is 29.5 Å². The zero-order chi connectivity index (χ0) is 21.7. The molecule has 0 fully saturated rings. The quantitative estimate of drug-likeness (QED) is 0.511. The van der Waals surface area contributed by atoms with Gasteiger partial charge in [-0.3, -0.25) is 0 Å². The Balaban J connectivity index is 2.60. The standard InChI is InChI=1S/C26H36O2Si/c1-8-25(21(4)24(27)19-20(2)3)28-29(26(5,6)7,22-15-11-9-12-16-22)23-17-13-10-14-18-23/h1,9-18,20-21,24-25,27H,19H2,2-7H3/t21-,24-,25+/m1/s1. The van der Waals surface area contributed by atoms with Crippen LogP contribution in [-0.4, -0.2) is 25.6 Å². The Labute approximate surface area is 178 Å². The lowest BCUT2D eigenvalue weighted by Gasteiger charge is -2.45. The summed E-state index contributed by atoms with van der Waals surface area (Å²) in [6.45, 7) is 13.0. The highest BCUT2D eigenvalue weighted by molar-refractivity contribution is 6.99. The van der Waals surface area contributed by atoms with Gasteiger partial charge in [0.2, 0.25) is 0 Å². The molecule has 156 valence electrons. The molecule has 2 nitrogen and oxygen atoms in total. The summed E-state index contributed by atoms with van der Waals surface area (Å²) in [5, 5.41) is 13.0. The maximum atomic E-state index is 10.8. The summed E-state index contributed by atoms with van der Waals surface area (Å²) in [6.07, 6.45) is 5.74. The molecule has 0 unspecified atom stereocenters. The van der Waals surface area contributed by atoms with Gasteiger partial charge in [0.15, 0.2) is 0 Å². The number of hydrogen-bond acceptors (Lipinski definition) is 2. The van der Waals surface area contributed by atoms with Crippen LogP contribution in [0.5, 0.6) is 0 Å². The van der Waals surface area contributed by atoms with E-state index >= 15 is 0 Å². The highest BCUT2D eigenvalue weighted by Crippen LogP contribution is 2.38. The molecule has 0 saturated heterocycles. The van der Waals surface area contributed by atoms with Gasteiger partial charge in [-0.1, -0.05) is 108 Å². The highest BCUT2D eigenvalue weighted by atomic mass is 28.4. The van der Waals surface area contributed by atoms with Crippen LogP contribution in [-0.2, 0) is 4.43 Å². The average molecular weight is 409 g/mol. The van der Waals surface area contributed by atoms with E-state index in [4.69, 9.17) is 10.8 Å². The first-order valence-corrected chi connectivity index (χ1v) is 12.5. The number of hydrogen-bond donors (Lipinski definition) is 1. The Morgan fingerprint density at radius 1 is 0.931 bits per heavy atom. The molecule has 0 saturated carbocycles.